The maximum Gasteiger partial charge on any atom is 0.345 e. The summed E-state index contributed by atoms with van der Waals surface area (Å²) in [7, 11) is 3.21. The van der Waals surface area contributed by atoms with Crippen molar-refractivity contribution in [2.24, 2.45) is 0 Å². The van der Waals surface area contributed by atoms with Gasteiger partial charge in [0.25, 0.3) is 0 Å². The van der Waals surface area contributed by atoms with E-state index < -0.39 is 5.63 Å². The van der Waals surface area contributed by atoms with Crippen molar-refractivity contribution >= 4 is 33.1 Å². The summed E-state index contributed by atoms with van der Waals surface area (Å²) in [5.74, 6) is 1.41. The second-order valence-corrected chi connectivity index (χ2v) is 6.57. The smallest absolute Gasteiger partial charge is 0.345 e. The molecule has 0 unspecified atom stereocenters. The lowest BCUT2D eigenvalue weighted by Gasteiger charge is -2.08. The van der Waals surface area contributed by atoms with E-state index in [9.17, 15) is 4.79 Å². The number of nitrogens with one attached hydrogen (secondary N) is 1. The van der Waals surface area contributed by atoms with Gasteiger partial charge in [-0.15, -0.1) is 11.3 Å². The van der Waals surface area contributed by atoms with E-state index in [-0.39, 0.29) is 0 Å². The third-order valence-corrected chi connectivity index (χ3v) is 4.83. The summed E-state index contributed by atoms with van der Waals surface area (Å²) in [4.78, 5) is 16.9. The van der Waals surface area contributed by atoms with E-state index in [2.05, 4.69) is 10.3 Å². The standard InChI is InChI=1S/C20H16N2O4S/c1-24-13-7-8-17-12(9-13)10-14(19(23)26-17)16-11-27-20(22-16)21-15-5-3-4-6-18(15)25-2/h3-11H,1-2H3,(H,21,22). The lowest BCUT2D eigenvalue weighted by atomic mass is 10.1. The van der Waals surface area contributed by atoms with Gasteiger partial charge in [-0.25, -0.2) is 9.78 Å². The molecule has 0 saturated carbocycles. The number of nitrogens with zero attached hydrogens (tertiary/aromatic N) is 1. The zero-order chi connectivity index (χ0) is 18.8. The van der Waals surface area contributed by atoms with E-state index in [0.717, 1.165) is 11.1 Å². The van der Waals surface area contributed by atoms with Gasteiger partial charge in [0.05, 0.1) is 31.2 Å². The molecule has 0 aliphatic carbocycles. The number of ether oxygens (including phenoxy) is 2. The molecule has 2 heterocycles. The molecule has 0 amide bonds. The Hall–Kier alpha value is -3.32. The number of rotatable bonds is 5. The Morgan fingerprint density at radius 2 is 1.93 bits per heavy atom. The molecule has 0 saturated heterocycles. The topological polar surface area (TPSA) is 73.6 Å². The number of hydrogen-bond donors (Lipinski definition) is 1. The number of benzene rings is 2. The van der Waals surface area contributed by atoms with Gasteiger partial charge in [-0.3, -0.25) is 0 Å². The highest BCUT2D eigenvalue weighted by atomic mass is 32.1. The van der Waals surface area contributed by atoms with Crippen LogP contribution in [0.3, 0.4) is 0 Å². The van der Waals surface area contributed by atoms with E-state index in [1.54, 1.807) is 32.4 Å². The highest BCUT2D eigenvalue weighted by Gasteiger charge is 2.13. The maximum absolute atomic E-state index is 12.4. The molecule has 27 heavy (non-hydrogen) atoms. The van der Waals surface area contributed by atoms with Gasteiger partial charge >= 0.3 is 5.63 Å². The van der Waals surface area contributed by atoms with Gasteiger partial charge < -0.3 is 19.2 Å². The number of anilines is 2. The average Bonchev–Trinajstić information content (AvgIpc) is 3.15. The molecule has 136 valence electrons. The first-order chi connectivity index (χ1) is 13.2. The summed E-state index contributed by atoms with van der Waals surface area (Å²) < 4.78 is 16.0. The Morgan fingerprint density at radius 3 is 2.74 bits per heavy atom. The van der Waals surface area contributed by atoms with Crippen LogP contribution in [0.25, 0.3) is 22.2 Å². The third-order valence-electron chi connectivity index (χ3n) is 4.07. The van der Waals surface area contributed by atoms with Gasteiger partial charge in [-0.05, 0) is 36.4 Å². The van der Waals surface area contributed by atoms with Crippen LogP contribution in [0.15, 0.2) is 63.1 Å². The highest BCUT2D eigenvalue weighted by molar-refractivity contribution is 7.14. The van der Waals surface area contributed by atoms with Crippen molar-refractivity contribution in [1.82, 2.24) is 4.98 Å². The SMILES string of the molecule is COc1ccc2oc(=O)c(-c3csc(Nc4ccccc4OC)n3)cc2c1. The molecule has 0 atom stereocenters. The van der Waals surface area contributed by atoms with Crippen molar-refractivity contribution < 1.29 is 13.9 Å². The summed E-state index contributed by atoms with van der Waals surface area (Å²) in [6.45, 7) is 0. The van der Waals surface area contributed by atoms with Crippen molar-refractivity contribution in [2.45, 2.75) is 0 Å². The molecule has 0 spiro atoms. The van der Waals surface area contributed by atoms with Crippen molar-refractivity contribution in [3.8, 4) is 22.8 Å². The van der Waals surface area contributed by atoms with Gasteiger partial charge in [-0.1, -0.05) is 12.1 Å². The summed E-state index contributed by atoms with van der Waals surface area (Å²) >= 11 is 1.40. The lowest BCUT2D eigenvalue weighted by molar-refractivity contribution is 0.415. The second-order valence-electron chi connectivity index (χ2n) is 5.71. The molecule has 4 rings (SSSR count). The van der Waals surface area contributed by atoms with Gasteiger partial charge in [0.1, 0.15) is 17.1 Å². The van der Waals surface area contributed by atoms with Crippen LogP contribution >= 0.6 is 11.3 Å². The summed E-state index contributed by atoms with van der Waals surface area (Å²) in [5, 5.41) is 6.46. The van der Waals surface area contributed by atoms with E-state index in [1.165, 1.54) is 11.3 Å². The fourth-order valence-corrected chi connectivity index (χ4v) is 3.45. The zero-order valence-corrected chi connectivity index (χ0v) is 15.5. The highest BCUT2D eigenvalue weighted by Crippen LogP contribution is 2.31. The van der Waals surface area contributed by atoms with Crippen LogP contribution in [-0.4, -0.2) is 19.2 Å². The molecule has 0 aliphatic heterocycles. The number of para-hydroxylation sites is 2. The Bertz CT molecular complexity index is 1170. The summed E-state index contributed by atoms with van der Waals surface area (Å²) in [5.41, 5.74) is 1.83. The van der Waals surface area contributed by atoms with Crippen LogP contribution in [0.1, 0.15) is 0 Å². The third kappa shape index (κ3) is 3.37. The predicted octanol–water partition coefficient (Wildman–Crippen LogP) is 4.68. The molecule has 0 aliphatic rings. The van der Waals surface area contributed by atoms with Crippen LogP contribution in [-0.2, 0) is 0 Å². The molecule has 2 aromatic heterocycles. The van der Waals surface area contributed by atoms with Crippen LogP contribution in [0, 0.1) is 0 Å². The monoisotopic (exact) mass is 380 g/mol. The van der Waals surface area contributed by atoms with Gasteiger partial charge in [-0.2, -0.15) is 0 Å². The summed E-state index contributed by atoms with van der Waals surface area (Å²) in [6, 6.07) is 14.6. The van der Waals surface area contributed by atoms with E-state index in [4.69, 9.17) is 13.9 Å². The number of aromatic nitrogens is 1. The summed E-state index contributed by atoms with van der Waals surface area (Å²) in [6.07, 6.45) is 0. The molecule has 4 aromatic rings. The first-order valence-corrected chi connectivity index (χ1v) is 9.04. The molecule has 0 fully saturated rings. The fourth-order valence-electron chi connectivity index (χ4n) is 2.73. The Morgan fingerprint density at radius 1 is 1.07 bits per heavy atom. The Balaban J connectivity index is 1.70. The van der Waals surface area contributed by atoms with E-state index >= 15 is 0 Å². The largest absolute Gasteiger partial charge is 0.497 e. The molecule has 0 bridgehead atoms. The van der Waals surface area contributed by atoms with E-state index in [1.807, 2.05) is 35.7 Å². The van der Waals surface area contributed by atoms with Crippen LogP contribution in [0.4, 0.5) is 10.8 Å². The van der Waals surface area contributed by atoms with Crippen LogP contribution < -0.4 is 20.4 Å². The Labute approximate surface area is 159 Å². The molecule has 1 N–H and O–H groups in total. The van der Waals surface area contributed by atoms with Crippen molar-refractivity contribution in [3.05, 3.63) is 64.3 Å². The van der Waals surface area contributed by atoms with Crippen molar-refractivity contribution in [2.75, 3.05) is 19.5 Å². The van der Waals surface area contributed by atoms with Gasteiger partial charge in [0.15, 0.2) is 5.13 Å². The Kier molecular flexibility index (Phi) is 4.52. The molecular weight excluding hydrogens is 364 g/mol. The minimum absolute atomic E-state index is 0.403. The lowest BCUT2D eigenvalue weighted by Crippen LogP contribution is -2.03. The number of hydrogen-bond acceptors (Lipinski definition) is 7. The molecule has 0 radical (unpaired) electrons. The number of methoxy groups -OCH3 is 2. The van der Waals surface area contributed by atoms with Crippen LogP contribution in [0.5, 0.6) is 11.5 Å². The van der Waals surface area contributed by atoms with Crippen LogP contribution in [0.2, 0.25) is 0 Å². The average molecular weight is 380 g/mol. The predicted molar refractivity (Wildman–Crippen MR) is 106 cm³/mol. The normalized spacial score (nSPS) is 10.7. The molecule has 7 heteroatoms. The van der Waals surface area contributed by atoms with Gasteiger partial charge in [0.2, 0.25) is 0 Å². The minimum atomic E-state index is -0.429. The zero-order valence-electron chi connectivity index (χ0n) is 14.7. The van der Waals surface area contributed by atoms with Gasteiger partial charge in [0, 0.05) is 10.8 Å². The van der Waals surface area contributed by atoms with E-state index in [0.29, 0.717) is 33.5 Å². The molecular formula is C20H16N2O4S. The first-order valence-electron chi connectivity index (χ1n) is 8.16. The quantitative estimate of drug-likeness (QED) is 0.507. The molecule has 2 aromatic carbocycles. The van der Waals surface area contributed by atoms with Crippen molar-refractivity contribution in [3.63, 3.8) is 0 Å². The first kappa shape index (κ1) is 17.1. The fraction of sp³-hybridized carbons (Fsp3) is 0.100. The number of thiazole rings is 1. The second kappa shape index (κ2) is 7.13. The maximum atomic E-state index is 12.4. The minimum Gasteiger partial charge on any atom is -0.497 e. The van der Waals surface area contributed by atoms with Crippen molar-refractivity contribution in [1.29, 1.82) is 0 Å². The molecule has 6 nitrogen and oxygen atoms in total. The number of fused-ring (bicyclic) bond motifs is 1.